The number of para-hydroxylation sites is 1. The van der Waals surface area contributed by atoms with Crippen LogP contribution in [0.5, 0.6) is 0 Å². The van der Waals surface area contributed by atoms with Crippen molar-refractivity contribution in [1.82, 2.24) is 4.90 Å². The van der Waals surface area contributed by atoms with Crippen molar-refractivity contribution in [1.29, 1.82) is 0 Å². The quantitative estimate of drug-likeness (QED) is 0.942. The highest BCUT2D eigenvalue weighted by molar-refractivity contribution is 5.96. The summed E-state index contributed by atoms with van der Waals surface area (Å²) in [6.07, 6.45) is 1.81. The van der Waals surface area contributed by atoms with E-state index in [1.165, 1.54) is 0 Å². The highest BCUT2D eigenvalue weighted by Crippen LogP contribution is 2.24. The fourth-order valence-corrected chi connectivity index (χ4v) is 2.91. The molecule has 1 aromatic carbocycles. The van der Waals surface area contributed by atoms with Crippen LogP contribution in [0.4, 0.5) is 0 Å². The van der Waals surface area contributed by atoms with Gasteiger partial charge in [0.25, 0.3) is 5.91 Å². The Bertz CT molecular complexity index is 643. The summed E-state index contributed by atoms with van der Waals surface area (Å²) in [5, 5.41) is 9.78. The van der Waals surface area contributed by atoms with Crippen molar-refractivity contribution in [2.24, 2.45) is 5.92 Å². The molecule has 1 saturated heterocycles. The number of carboxylic acids is 1. The molecule has 110 valence electrons. The summed E-state index contributed by atoms with van der Waals surface area (Å²) >= 11 is 0. The zero-order valence-corrected chi connectivity index (χ0v) is 11.6. The molecule has 1 aromatic heterocycles. The maximum Gasteiger partial charge on any atom is 0.303 e. The molecule has 2 aromatic rings. The van der Waals surface area contributed by atoms with E-state index < -0.39 is 5.97 Å². The zero-order valence-electron chi connectivity index (χ0n) is 11.6. The Balaban J connectivity index is 1.76. The molecular formula is C16H17NO4. The molecule has 1 amide bonds. The van der Waals surface area contributed by atoms with Gasteiger partial charge in [0.15, 0.2) is 5.76 Å². The molecule has 1 atom stereocenters. The van der Waals surface area contributed by atoms with E-state index in [-0.39, 0.29) is 18.2 Å². The second kappa shape index (κ2) is 5.60. The lowest BCUT2D eigenvalue weighted by molar-refractivity contribution is -0.138. The SMILES string of the molecule is O=C(O)CC1CCCN(C(=O)c2cc3ccccc3o2)C1. The number of benzene rings is 1. The van der Waals surface area contributed by atoms with Gasteiger partial charge in [-0.25, -0.2) is 0 Å². The normalized spacial score (nSPS) is 18.9. The van der Waals surface area contributed by atoms with Gasteiger partial charge in [0.05, 0.1) is 0 Å². The second-order valence-corrected chi connectivity index (χ2v) is 5.51. The topological polar surface area (TPSA) is 70.8 Å². The Morgan fingerprint density at radius 3 is 2.90 bits per heavy atom. The van der Waals surface area contributed by atoms with Crippen LogP contribution in [-0.4, -0.2) is 35.0 Å². The highest BCUT2D eigenvalue weighted by Gasteiger charge is 2.27. The Morgan fingerprint density at radius 2 is 2.14 bits per heavy atom. The minimum atomic E-state index is -0.807. The van der Waals surface area contributed by atoms with Crippen LogP contribution >= 0.6 is 0 Å². The average molecular weight is 287 g/mol. The standard InChI is InChI=1S/C16H17NO4/c18-15(19)8-11-4-3-7-17(10-11)16(20)14-9-12-5-1-2-6-13(12)21-14/h1-2,5-6,9,11H,3-4,7-8,10H2,(H,18,19). The van der Waals surface area contributed by atoms with E-state index in [0.717, 1.165) is 18.2 Å². The van der Waals surface area contributed by atoms with Crippen LogP contribution < -0.4 is 0 Å². The first-order chi connectivity index (χ1) is 10.1. The smallest absolute Gasteiger partial charge is 0.303 e. The predicted molar refractivity (Wildman–Crippen MR) is 77.1 cm³/mol. The van der Waals surface area contributed by atoms with Gasteiger partial charge in [-0.1, -0.05) is 18.2 Å². The number of fused-ring (bicyclic) bond motifs is 1. The molecule has 1 unspecified atom stereocenters. The summed E-state index contributed by atoms with van der Waals surface area (Å²) in [7, 11) is 0. The molecule has 0 saturated carbocycles. The van der Waals surface area contributed by atoms with Crippen molar-refractivity contribution in [3.8, 4) is 0 Å². The number of hydrogen-bond acceptors (Lipinski definition) is 3. The number of rotatable bonds is 3. The number of nitrogens with zero attached hydrogens (tertiary/aromatic N) is 1. The van der Waals surface area contributed by atoms with E-state index in [1.807, 2.05) is 24.3 Å². The Morgan fingerprint density at radius 1 is 1.33 bits per heavy atom. The van der Waals surface area contributed by atoms with Crippen LogP contribution in [0.1, 0.15) is 29.8 Å². The monoisotopic (exact) mass is 287 g/mol. The lowest BCUT2D eigenvalue weighted by atomic mass is 9.95. The summed E-state index contributed by atoms with van der Waals surface area (Å²) in [5.74, 6) is -0.601. The summed E-state index contributed by atoms with van der Waals surface area (Å²) in [6.45, 7) is 1.15. The second-order valence-electron chi connectivity index (χ2n) is 5.51. The van der Waals surface area contributed by atoms with Crippen LogP contribution in [0.2, 0.25) is 0 Å². The molecule has 1 N–H and O–H groups in total. The summed E-state index contributed by atoms with van der Waals surface area (Å²) < 4.78 is 5.59. The summed E-state index contributed by atoms with van der Waals surface area (Å²) in [5.41, 5.74) is 0.694. The van der Waals surface area contributed by atoms with E-state index in [0.29, 0.717) is 24.4 Å². The maximum absolute atomic E-state index is 12.5. The number of likely N-dealkylation sites (tertiary alicyclic amines) is 1. The highest BCUT2D eigenvalue weighted by atomic mass is 16.4. The largest absolute Gasteiger partial charge is 0.481 e. The van der Waals surface area contributed by atoms with E-state index >= 15 is 0 Å². The number of hydrogen-bond donors (Lipinski definition) is 1. The van der Waals surface area contributed by atoms with Crippen LogP contribution in [-0.2, 0) is 4.79 Å². The van der Waals surface area contributed by atoms with Crippen LogP contribution in [0, 0.1) is 5.92 Å². The van der Waals surface area contributed by atoms with Crippen LogP contribution in [0.3, 0.4) is 0 Å². The van der Waals surface area contributed by atoms with Crippen molar-refractivity contribution in [2.75, 3.05) is 13.1 Å². The molecule has 0 aliphatic carbocycles. The summed E-state index contributed by atoms with van der Waals surface area (Å²) in [4.78, 5) is 25.0. The third-order valence-electron chi connectivity index (χ3n) is 3.91. The van der Waals surface area contributed by atoms with E-state index in [1.54, 1.807) is 11.0 Å². The van der Waals surface area contributed by atoms with Crippen molar-refractivity contribution in [3.63, 3.8) is 0 Å². The number of carboxylic acid groups (broad SMARTS) is 1. The van der Waals surface area contributed by atoms with E-state index in [2.05, 4.69) is 0 Å². The molecule has 1 aliphatic heterocycles. The zero-order chi connectivity index (χ0) is 14.8. The number of amides is 1. The van der Waals surface area contributed by atoms with Crippen molar-refractivity contribution < 1.29 is 19.1 Å². The molecule has 21 heavy (non-hydrogen) atoms. The first-order valence-electron chi connectivity index (χ1n) is 7.13. The molecule has 5 heteroatoms. The number of carbonyl (C=O) groups excluding carboxylic acids is 1. The van der Waals surface area contributed by atoms with Crippen molar-refractivity contribution >= 4 is 22.8 Å². The third-order valence-corrected chi connectivity index (χ3v) is 3.91. The predicted octanol–water partition coefficient (Wildman–Crippen LogP) is 2.76. The molecule has 1 fully saturated rings. The van der Waals surface area contributed by atoms with Gasteiger partial charge >= 0.3 is 5.97 Å². The van der Waals surface area contributed by atoms with Gasteiger partial charge in [-0.2, -0.15) is 0 Å². The number of carbonyl (C=O) groups is 2. The summed E-state index contributed by atoms with van der Waals surface area (Å²) in [6, 6.07) is 9.24. The van der Waals surface area contributed by atoms with Gasteiger partial charge in [0, 0.05) is 24.9 Å². The van der Waals surface area contributed by atoms with Gasteiger partial charge in [0.1, 0.15) is 5.58 Å². The fraction of sp³-hybridized carbons (Fsp3) is 0.375. The molecule has 0 bridgehead atoms. The number of furan rings is 1. The van der Waals surface area contributed by atoms with Crippen molar-refractivity contribution in [2.45, 2.75) is 19.3 Å². The number of piperidine rings is 1. The maximum atomic E-state index is 12.5. The molecule has 0 spiro atoms. The third kappa shape index (κ3) is 2.91. The lowest BCUT2D eigenvalue weighted by Gasteiger charge is -2.31. The van der Waals surface area contributed by atoms with E-state index in [9.17, 15) is 9.59 Å². The minimum Gasteiger partial charge on any atom is -0.481 e. The van der Waals surface area contributed by atoms with Crippen LogP contribution in [0.15, 0.2) is 34.7 Å². The Kier molecular flexibility index (Phi) is 3.64. The molecule has 2 heterocycles. The fourth-order valence-electron chi connectivity index (χ4n) is 2.91. The van der Waals surface area contributed by atoms with Gasteiger partial charge in [-0.05, 0) is 30.9 Å². The van der Waals surface area contributed by atoms with Crippen LogP contribution in [0.25, 0.3) is 11.0 Å². The van der Waals surface area contributed by atoms with E-state index in [4.69, 9.17) is 9.52 Å². The molecule has 3 rings (SSSR count). The molecule has 0 radical (unpaired) electrons. The Labute approximate surface area is 122 Å². The van der Waals surface area contributed by atoms with Gasteiger partial charge < -0.3 is 14.4 Å². The van der Waals surface area contributed by atoms with Gasteiger partial charge in [-0.15, -0.1) is 0 Å². The first-order valence-corrected chi connectivity index (χ1v) is 7.13. The lowest BCUT2D eigenvalue weighted by Crippen LogP contribution is -2.40. The van der Waals surface area contributed by atoms with Gasteiger partial charge in [0.2, 0.25) is 0 Å². The van der Waals surface area contributed by atoms with Crippen molar-refractivity contribution in [3.05, 3.63) is 36.1 Å². The first kappa shape index (κ1) is 13.7. The number of aliphatic carboxylic acids is 1. The molecule has 1 aliphatic rings. The Hall–Kier alpha value is -2.30. The van der Waals surface area contributed by atoms with Gasteiger partial charge in [-0.3, -0.25) is 9.59 Å². The molecule has 5 nitrogen and oxygen atoms in total. The minimum absolute atomic E-state index is 0.0320. The average Bonchev–Trinajstić information content (AvgIpc) is 2.90. The molecular weight excluding hydrogens is 270 g/mol.